The zero-order chi connectivity index (χ0) is 13.2. The fourth-order valence-corrected chi connectivity index (χ4v) is 2.30. The summed E-state index contributed by atoms with van der Waals surface area (Å²) in [7, 11) is 1.44. The Morgan fingerprint density at radius 2 is 2.37 bits per heavy atom. The third-order valence-corrected chi connectivity index (χ3v) is 3.32. The molecule has 1 aromatic heterocycles. The second-order valence-corrected chi connectivity index (χ2v) is 4.56. The smallest absolute Gasteiger partial charge is 0.212 e. The lowest BCUT2D eigenvalue weighted by Crippen LogP contribution is -2.12. The summed E-state index contributed by atoms with van der Waals surface area (Å²) in [6.07, 6.45) is 3.78. The molecule has 1 aliphatic heterocycles. The zero-order valence-electron chi connectivity index (χ0n) is 10.6. The lowest BCUT2D eigenvalue weighted by Gasteiger charge is -2.04. The average Bonchev–Trinajstić information content (AvgIpc) is 3.09. The molecule has 2 heterocycles. The molecule has 1 saturated heterocycles. The van der Waals surface area contributed by atoms with Crippen LogP contribution in [0, 0.1) is 5.82 Å². The number of hydrogen-bond acceptors (Lipinski definition) is 4. The van der Waals surface area contributed by atoms with Crippen molar-refractivity contribution in [1.29, 1.82) is 0 Å². The van der Waals surface area contributed by atoms with Gasteiger partial charge >= 0.3 is 0 Å². The van der Waals surface area contributed by atoms with Crippen molar-refractivity contribution >= 4 is 0 Å². The quantitative estimate of drug-likeness (QED) is 0.924. The maximum atomic E-state index is 13.6. The van der Waals surface area contributed by atoms with Gasteiger partial charge in [-0.25, -0.2) is 9.37 Å². The van der Waals surface area contributed by atoms with E-state index in [2.05, 4.69) is 10.3 Å². The van der Waals surface area contributed by atoms with E-state index in [4.69, 9.17) is 9.15 Å². The third-order valence-electron chi connectivity index (χ3n) is 3.32. The summed E-state index contributed by atoms with van der Waals surface area (Å²) in [6.45, 7) is 0.986. The molecule has 5 heteroatoms. The normalized spacial score (nSPS) is 18.7. The Bertz CT molecular complexity index is 577. The molecule has 1 N–H and O–H groups in total. The molecule has 0 saturated carbocycles. The van der Waals surface area contributed by atoms with Crippen LogP contribution >= 0.6 is 0 Å². The van der Waals surface area contributed by atoms with Gasteiger partial charge in [0.1, 0.15) is 0 Å². The lowest BCUT2D eigenvalue weighted by atomic mass is 10.2. The van der Waals surface area contributed by atoms with Gasteiger partial charge in [-0.15, -0.1) is 0 Å². The van der Waals surface area contributed by atoms with Crippen LogP contribution < -0.4 is 10.1 Å². The van der Waals surface area contributed by atoms with E-state index in [1.165, 1.54) is 13.2 Å². The van der Waals surface area contributed by atoms with Crippen LogP contribution in [0.15, 0.2) is 28.8 Å². The van der Waals surface area contributed by atoms with Crippen molar-refractivity contribution in [3.8, 4) is 17.1 Å². The molecule has 1 aromatic carbocycles. The number of hydrogen-bond donors (Lipinski definition) is 1. The van der Waals surface area contributed by atoms with E-state index in [1.807, 2.05) is 0 Å². The molecule has 2 aromatic rings. The summed E-state index contributed by atoms with van der Waals surface area (Å²) in [5, 5.41) is 3.32. The first kappa shape index (κ1) is 12.2. The van der Waals surface area contributed by atoms with Crippen LogP contribution in [0.25, 0.3) is 11.3 Å². The molecule has 1 unspecified atom stereocenters. The molecule has 3 rings (SSSR count). The SMILES string of the molecule is COc1ccc(-c2cnc(C3CCCN3)o2)cc1F. The van der Waals surface area contributed by atoms with Crippen LogP contribution in [0.1, 0.15) is 24.8 Å². The molecule has 100 valence electrons. The Hall–Kier alpha value is -1.88. The number of nitrogens with one attached hydrogen (secondary N) is 1. The summed E-state index contributed by atoms with van der Waals surface area (Å²) in [6, 6.07) is 4.91. The number of ether oxygens (including phenoxy) is 1. The van der Waals surface area contributed by atoms with Gasteiger partial charge in [-0.2, -0.15) is 0 Å². The molecule has 0 bridgehead atoms. The van der Waals surface area contributed by atoms with E-state index in [0.29, 0.717) is 17.2 Å². The molecule has 0 spiro atoms. The van der Waals surface area contributed by atoms with Crippen molar-refractivity contribution in [2.75, 3.05) is 13.7 Å². The highest BCUT2D eigenvalue weighted by Gasteiger charge is 2.21. The minimum Gasteiger partial charge on any atom is -0.494 e. The van der Waals surface area contributed by atoms with Crippen molar-refractivity contribution in [3.05, 3.63) is 36.1 Å². The summed E-state index contributed by atoms with van der Waals surface area (Å²) >= 11 is 0. The Morgan fingerprint density at radius 1 is 1.47 bits per heavy atom. The first-order chi connectivity index (χ1) is 9.28. The number of oxazole rings is 1. The first-order valence-corrected chi connectivity index (χ1v) is 6.31. The van der Waals surface area contributed by atoms with Gasteiger partial charge in [0.05, 0.1) is 19.3 Å². The Balaban J connectivity index is 1.87. The second-order valence-electron chi connectivity index (χ2n) is 4.56. The number of benzene rings is 1. The van der Waals surface area contributed by atoms with E-state index in [9.17, 15) is 4.39 Å². The maximum Gasteiger partial charge on any atom is 0.212 e. The third kappa shape index (κ3) is 2.33. The van der Waals surface area contributed by atoms with Gasteiger partial charge in [-0.05, 0) is 37.6 Å². The average molecular weight is 262 g/mol. The monoisotopic (exact) mass is 262 g/mol. The van der Waals surface area contributed by atoms with Crippen molar-refractivity contribution in [2.24, 2.45) is 0 Å². The van der Waals surface area contributed by atoms with Crippen molar-refractivity contribution in [3.63, 3.8) is 0 Å². The van der Waals surface area contributed by atoms with Crippen LogP contribution in [0.5, 0.6) is 5.75 Å². The molecule has 4 nitrogen and oxygen atoms in total. The van der Waals surface area contributed by atoms with E-state index < -0.39 is 5.82 Å². The van der Waals surface area contributed by atoms with Crippen LogP contribution in [0.2, 0.25) is 0 Å². The summed E-state index contributed by atoms with van der Waals surface area (Å²) in [4.78, 5) is 4.26. The second kappa shape index (κ2) is 5.01. The van der Waals surface area contributed by atoms with Gasteiger partial charge in [0.2, 0.25) is 5.89 Å². The minimum atomic E-state index is -0.406. The van der Waals surface area contributed by atoms with Gasteiger partial charge in [0.25, 0.3) is 0 Å². The molecule has 19 heavy (non-hydrogen) atoms. The largest absolute Gasteiger partial charge is 0.494 e. The van der Waals surface area contributed by atoms with Crippen molar-refractivity contribution in [1.82, 2.24) is 10.3 Å². The fourth-order valence-electron chi connectivity index (χ4n) is 2.30. The number of aromatic nitrogens is 1. The molecule has 0 radical (unpaired) electrons. The Labute approximate surface area is 110 Å². The lowest BCUT2D eigenvalue weighted by molar-refractivity contribution is 0.386. The molecule has 1 fully saturated rings. The van der Waals surface area contributed by atoms with Crippen molar-refractivity contribution in [2.45, 2.75) is 18.9 Å². The van der Waals surface area contributed by atoms with E-state index in [1.54, 1.807) is 18.3 Å². The van der Waals surface area contributed by atoms with Gasteiger partial charge in [0, 0.05) is 5.56 Å². The highest BCUT2D eigenvalue weighted by molar-refractivity contribution is 5.58. The molecule has 0 amide bonds. The number of methoxy groups -OCH3 is 1. The number of nitrogens with zero attached hydrogens (tertiary/aromatic N) is 1. The summed E-state index contributed by atoms with van der Waals surface area (Å²) in [5.74, 6) is 1.06. The Kier molecular flexibility index (Phi) is 3.21. The minimum absolute atomic E-state index is 0.178. The van der Waals surface area contributed by atoms with E-state index >= 15 is 0 Å². The van der Waals surface area contributed by atoms with Crippen LogP contribution in [-0.2, 0) is 0 Å². The molecular formula is C14H15FN2O2. The standard InChI is InChI=1S/C14H15FN2O2/c1-18-12-5-4-9(7-10(12)15)13-8-17-14(19-13)11-3-2-6-16-11/h4-5,7-8,11,16H,2-3,6H2,1H3. The van der Waals surface area contributed by atoms with Gasteiger partial charge in [-0.1, -0.05) is 0 Å². The van der Waals surface area contributed by atoms with Crippen molar-refractivity contribution < 1.29 is 13.5 Å². The topological polar surface area (TPSA) is 47.3 Å². The molecule has 1 aliphatic rings. The highest BCUT2D eigenvalue weighted by atomic mass is 19.1. The van der Waals surface area contributed by atoms with Crippen LogP contribution in [0.4, 0.5) is 4.39 Å². The first-order valence-electron chi connectivity index (χ1n) is 6.31. The summed E-state index contributed by atoms with van der Waals surface area (Å²) in [5.41, 5.74) is 0.662. The van der Waals surface area contributed by atoms with E-state index in [-0.39, 0.29) is 11.8 Å². The van der Waals surface area contributed by atoms with Gasteiger partial charge in [-0.3, -0.25) is 0 Å². The number of rotatable bonds is 3. The van der Waals surface area contributed by atoms with Crippen LogP contribution in [-0.4, -0.2) is 18.6 Å². The predicted octanol–water partition coefficient (Wildman–Crippen LogP) is 2.91. The zero-order valence-corrected chi connectivity index (χ0v) is 10.6. The van der Waals surface area contributed by atoms with E-state index in [0.717, 1.165) is 19.4 Å². The van der Waals surface area contributed by atoms with Crippen LogP contribution in [0.3, 0.4) is 0 Å². The summed E-state index contributed by atoms with van der Waals surface area (Å²) < 4.78 is 24.2. The molecular weight excluding hydrogens is 247 g/mol. The van der Waals surface area contributed by atoms with Gasteiger partial charge in [0.15, 0.2) is 17.3 Å². The Morgan fingerprint density at radius 3 is 3.05 bits per heavy atom. The van der Waals surface area contributed by atoms with Gasteiger partial charge < -0.3 is 14.5 Å². The number of halogens is 1. The highest BCUT2D eigenvalue weighted by Crippen LogP contribution is 2.29. The predicted molar refractivity (Wildman–Crippen MR) is 68.4 cm³/mol. The fraction of sp³-hybridized carbons (Fsp3) is 0.357. The molecule has 1 atom stereocenters. The maximum absolute atomic E-state index is 13.6. The molecule has 0 aliphatic carbocycles.